The number of hydrogen-bond acceptors (Lipinski definition) is 1. The van der Waals surface area contributed by atoms with Crippen LogP contribution in [0.5, 0.6) is 0 Å². The Kier molecular flexibility index (Phi) is 6.66. The maximum Gasteiger partial charge on any atom is 0.0434 e. The smallest absolute Gasteiger partial charge is 0.0434 e. The molecular formula is C8H13ClO. The molecule has 0 aliphatic rings. The predicted molar refractivity (Wildman–Crippen MR) is 45.1 cm³/mol. The number of halogens is 1. The molecule has 0 amide bonds. The molecule has 1 N–H and O–H groups in total. The average Bonchev–Trinajstić information content (AvgIpc) is 1.97. The molecule has 0 unspecified atom stereocenters. The van der Waals surface area contributed by atoms with Crippen LogP contribution in [0, 0.1) is 0 Å². The van der Waals surface area contributed by atoms with Gasteiger partial charge in [0.05, 0.1) is 0 Å². The van der Waals surface area contributed by atoms with Gasteiger partial charge < -0.3 is 5.11 Å². The fourth-order valence-corrected chi connectivity index (χ4v) is 0.738. The van der Waals surface area contributed by atoms with Gasteiger partial charge in [-0.2, -0.15) is 0 Å². The van der Waals surface area contributed by atoms with E-state index in [1.165, 1.54) is 0 Å². The number of rotatable bonds is 4. The van der Waals surface area contributed by atoms with Crippen LogP contribution >= 0.6 is 11.6 Å². The molecule has 0 spiro atoms. The van der Waals surface area contributed by atoms with Gasteiger partial charge in [-0.25, -0.2) is 0 Å². The minimum Gasteiger partial charge on any atom is -0.396 e. The SMILES string of the molecule is C/C=C\C=C(\Cl)CCCO. The largest absolute Gasteiger partial charge is 0.396 e. The second-order valence-electron chi connectivity index (χ2n) is 1.97. The Balaban J connectivity index is 3.49. The van der Waals surface area contributed by atoms with Crippen molar-refractivity contribution in [2.75, 3.05) is 6.61 Å². The van der Waals surface area contributed by atoms with Crippen LogP contribution < -0.4 is 0 Å². The van der Waals surface area contributed by atoms with Crippen LogP contribution in [0.4, 0.5) is 0 Å². The van der Waals surface area contributed by atoms with Crippen molar-refractivity contribution in [1.82, 2.24) is 0 Å². The first-order valence-electron chi connectivity index (χ1n) is 3.39. The lowest BCUT2D eigenvalue weighted by molar-refractivity contribution is 0.289. The number of allylic oxidation sites excluding steroid dienone is 4. The van der Waals surface area contributed by atoms with E-state index in [0.717, 1.165) is 17.9 Å². The standard InChI is InChI=1S/C8H13ClO/c1-2-3-5-8(9)6-4-7-10/h2-3,5,10H,4,6-7H2,1H3/b3-2-,8-5+. The maximum atomic E-state index is 8.44. The molecule has 0 rings (SSSR count). The topological polar surface area (TPSA) is 20.2 Å². The molecule has 0 saturated heterocycles. The molecule has 0 atom stereocenters. The highest BCUT2D eigenvalue weighted by atomic mass is 35.5. The Bertz CT molecular complexity index is 127. The van der Waals surface area contributed by atoms with E-state index in [-0.39, 0.29) is 6.61 Å². The third-order valence-electron chi connectivity index (χ3n) is 1.04. The van der Waals surface area contributed by atoms with E-state index < -0.39 is 0 Å². The monoisotopic (exact) mass is 160 g/mol. The van der Waals surface area contributed by atoms with Crippen LogP contribution in [-0.4, -0.2) is 11.7 Å². The molecule has 0 aromatic heterocycles. The zero-order valence-electron chi connectivity index (χ0n) is 6.18. The first-order valence-corrected chi connectivity index (χ1v) is 3.77. The highest BCUT2D eigenvalue weighted by Gasteiger charge is 1.88. The molecule has 0 aromatic carbocycles. The minimum absolute atomic E-state index is 0.208. The van der Waals surface area contributed by atoms with Crippen molar-refractivity contribution in [3.63, 3.8) is 0 Å². The highest BCUT2D eigenvalue weighted by molar-refractivity contribution is 6.29. The molecule has 0 bridgehead atoms. The fourth-order valence-electron chi connectivity index (χ4n) is 0.532. The highest BCUT2D eigenvalue weighted by Crippen LogP contribution is 2.08. The fraction of sp³-hybridized carbons (Fsp3) is 0.500. The number of aliphatic hydroxyl groups is 1. The molecule has 0 aliphatic heterocycles. The lowest BCUT2D eigenvalue weighted by Crippen LogP contribution is -1.81. The van der Waals surface area contributed by atoms with Crippen molar-refractivity contribution in [2.45, 2.75) is 19.8 Å². The van der Waals surface area contributed by atoms with Crippen LogP contribution in [0.3, 0.4) is 0 Å². The Labute approximate surface area is 67.0 Å². The number of hydrogen-bond donors (Lipinski definition) is 1. The van der Waals surface area contributed by atoms with Crippen molar-refractivity contribution >= 4 is 11.6 Å². The Morgan fingerprint density at radius 2 is 2.30 bits per heavy atom. The van der Waals surface area contributed by atoms with Crippen molar-refractivity contribution < 1.29 is 5.11 Å². The van der Waals surface area contributed by atoms with Crippen molar-refractivity contribution in [3.05, 3.63) is 23.3 Å². The van der Waals surface area contributed by atoms with Gasteiger partial charge >= 0.3 is 0 Å². The van der Waals surface area contributed by atoms with E-state index in [1.807, 2.05) is 25.2 Å². The summed E-state index contributed by atoms with van der Waals surface area (Å²) < 4.78 is 0. The molecule has 0 aromatic rings. The first kappa shape index (κ1) is 9.73. The van der Waals surface area contributed by atoms with Gasteiger partial charge in [-0.1, -0.05) is 23.8 Å². The van der Waals surface area contributed by atoms with Gasteiger partial charge in [0.15, 0.2) is 0 Å². The second kappa shape index (κ2) is 6.84. The van der Waals surface area contributed by atoms with Gasteiger partial charge in [0, 0.05) is 11.6 Å². The zero-order valence-corrected chi connectivity index (χ0v) is 6.93. The molecule has 0 aliphatic carbocycles. The summed E-state index contributed by atoms with van der Waals surface area (Å²) in [6, 6.07) is 0. The zero-order chi connectivity index (χ0) is 7.82. The van der Waals surface area contributed by atoms with Crippen LogP contribution in [0.1, 0.15) is 19.8 Å². The predicted octanol–water partition coefficient (Wildman–Crippen LogP) is 2.46. The molecule has 10 heavy (non-hydrogen) atoms. The normalized spacial score (nSPS) is 12.9. The molecule has 0 fully saturated rings. The Morgan fingerprint density at radius 1 is 1.60 bits per heavy atom. The van der Waals surface area contributed by atoms with Gasteiger partial charge in [-0.15, -0.1) is 0 Å². The Hall–Kier alpha value is -0.270. The summed E-state index contributed by atoms with van der Waals surface area (Å²) in [5, 5.41) is 9.23. The van der Waals surface area contributed by atoms with E-state index in [2.05, 4.69) is 0 Å². The first-order chi connectivity index (χ1) is 4.81. The maximum absolute atomic E-state index is 8.44. The van der Waals surface area contributed by atoms with Crippen LogP contribution in [0.15, 0.2) is 23.3 Å². The van der Waals surface area contributed by atoms with Gasteiger partial charge in [0.25, 0.3) is 0 Å². The van der Waals surface area contributed by atoms with Gasteiger partial charge in [-0.3, -0.25) is 0 Å². The van der Waals surface area contributed by atoms with Crippen LogP contribution in [0.2, 0.25) is 0 Å². The van der Waals surface area contributed by atoms with Crippen molar-refractivity contribution in [2.24, 2.45) is 0 Å². The molecule has 58 valence electrons. The van der Waals surface area contributed by atoms with E-state index in [1.54, 1.807) is 0 Å². The summed E-state index contributed by atoms with van der Waals surface area (Å²) >= 11 is 5.74. The van der Waals surface area contributed by atoms with Crippen LogP contribution in [0.25, 0.3) is 0 Å². The average molecular weight is 161 g/mol. The summed E-state index contributed by atoms with van der Waals surface area (Å²) in [5.41, 5.74) is 0. The summed E-state index contributed by atoms with van der Waals surface area (Å²) in [6.45, 7) is 2.15. The quantitative estimate of drug-likeness (QED) is 0.627. The lowest BCUT2D eigenvalue weighted by atomic mass is 10.3. The molecule has 0 saturated carbocycles. The van der Waals surface area contributed by atoms with Crippen molar-refractivity contribution in [1.29, 1.82) is 0 Å². The van der Waals surface area contributed by atoms with Crippen molar-refractivity contribution in [3.8, 4) is 0 Å². The van der Waals surface area contributed by atoms with Gasteiger partial charge in [-0.05, 0) is 25.8 Å². The van der Waals surface area contributed by atoms with E-state index in [0.29, 0.717) is 0 Å². The van der Waals surface area contributed by atoms with Gasteiger partial charge in [0.1, 0.15) is 0 Å². The second-order valence-corrected chi connectivity index (χ2v) is 2.45. The van der Waals surface area contributed by atoms with Gasteiger partial charge in [0.2, 0.25) is 0 Å². The molecule has 2 heteroatoms. The van der Waals surface area contributed by atoms with E-state index >= 15 is 0 Å². The summed E-state index contributed by atoms with van der Waals surface area (Å²) in [6.07, 6.45) is 7.16. The lowest BCUT2D eigenvalue weighted by Gasteiger charge is -1.92. The Morgan fingerprint density at radius 3 is 2.80 bits per heavy atom. The third kappa shape index (κ3) is 5.86. The minimum atomic E-state index is 0.208. The molecule has 1 nitrogen and oxygen atoms in total. The third-order valence-corrected chi connectivity index (χ3v) is 1.36. The molecular weight excluding hydrogens is 148 g/mol. The summed E-state index contributed by atoms with van der Waals surface area (Å²) in [7, 11) is 0. The van der Waals surface area contributed by atoms with Crippen LogP contribution in [-0.2, 0) is 0 Å². The summed E-state index contributed by atoms with van der Waals surface area (Å²) in [5.74, 6) is 0. The molecule has 0 radical (unpaired) electrons. The van der Waals surface area contributed by atoms with E-state index in [9.17, 15) is 0 Å². The summed E-state index contributed by atoms with van der Waals surface area (Å²) in [4.78, 5) is 0. The number of aliphatic hydroxyl groups excluding tert-OH is 1. The van der Waals surface area contributed by atoms with E-state index in [4.69, 9.17) is 16.7 Å². The molecule has 0 heterocycles.